The number of nitrogens with zero attached hydrogens (tertiary/aromatic N) is 2. The van der Waals surface area contributed by atoms with Crippen molar-refractivity contribution in [3.05, 3.63) is 68.4 Å². The fourth-order valence-corrected chi connectivity index (χ4v) is 4.47. The van der Waals surface area contributed by atoms with Crippen molar-refractivity contribution in [1.82, 2.24) is 9.55 Å². The zero-order valence-corrected chi connectivity index (χ0v) is 15.2. The van der Waals surface area contributed by atoms with Crippen LogP contribution < -0.4 is 5.56 Å². The number of hydrogen-bond donors (Lipinski definition) is 1. The Kier molecular flexibility index (Phi) is 3.46. The lowest BCUT2D eigenvalue weighted by Gasteiger charge is -2.23. The summed E-state index contributed by atoms with van der Waals surface area (Å²) in [6.45, 7) is 0. The smallest absolute Gasteiger partial charge is 0.315 e. The number of rotatable bonds is 2. The molecule has 0 radical (unpaired) electrons. The van der Waals surface area contributed by atoms with Crippen molar-refractivity contribution >= 4 is 35.3 Å². The largest absolute Gasteiger partial charge is 0.481 e. The molecule has 1 aromatic heterocycles. The Morgan fingerprint density at radius 1 is 1.33 bits per heavy atom. The Bertz CT molecular complexity index is 1110. The van der Waals surface area contributed by atoms with E-state index < -0.39 is 11.4 Å². The van der Waals surface area contributed by atoms with Gasteiger partial charge in [0.1, 0.15) is 11.2 Å². The second kappa shape index (κ2) is 5.67. The van der Waals surface area contributed by atoms with Crippen LogP contribution in [0.5, 0.6) is 0 Å². The van der Waals surface area contributed by atoms with Gasteiger partial charge in [-0.2, -0.15) is 0 Å². The number of hydrogen-bond acceptors (Lipinski definition) is 3. The lowest BCUT2D eigenvalue weighted by molar-refractivity contribution is -0.141. The summed E-state index contributed by atoms with van der Waals surface area (Å²) < 4.78 is 1.59. The summed E-state index contributed by atoms with van der Waals surface area (Å²) in [7, 11) is 0. The van der Waals surface area contributed by atoms with Crippen LogP contribution in [0.4, 0.5) is 0 Å². The fourth-order valence-electron chi connectivity index (χ4n) is 4.28. The van der Waals surface area contributed by atoms with Gasteiger partial charge in [-0.1, -0.05) is 35.9 Å². The van der Waals surface area contributed by atoms with E-state index in [4.69, 9.17) is 16.6 Å². The van der Waals surface area contributed by atoms with Gasteiger partial charge in [0, 0.05) is 10.6 Å². The van der Waals surface area contributed by atoms with Gasteiger partial charge in [0.25, 0.3) is 5.56 Å². The number of aromatic nitrogens is 2. The number of benzene rings is 1. The molecule has 3 aliphatic rings. The molecule has 5 rings (SSSR count). The van der Waals surface area contributed by atoms with Crippen LogP contribution in [0.1, 0.15) is 47.9 Å². The van der Waals surface area contributed by atoms with Gasteiger partial charge in [0.2, 0.25) is 0 Å². The van der Waals surface area contributed by atoms with Gasteiger partial charge in [-0.05, 0) is 55.0 Å². The second-order valence-corrected chi connectivity index (χ2v) is 7.82. The molecule has 2 atom stereocenters. The molecular formula is C21H17ClN2O3. The number of carboxylic acid groups (broad SMARTS) is 1. The molecule has 6 heteroatoms. The zero-order chi connectivity index (χ0) is 18.8. The maximum absolute atomic E-state index is 13.2. The van der Waals surface area contributed by atoms with Gasteiger partial charge in [0.15, 0.2) is 0 Å². The third-order valence-corrected chi connectivity index (χ3v) is 6.20. The van der Waals surface area contributed by atoms with Gasteiger partial charge in [-0.25, -0.2) is 4.98 Å². The molecule has 1 saturated carbocycles. The van der Waals surface area contributed by atoms with Crippen molar-refractivity contribution in [2.24, 2.45) is 5.41 Å². The molecule has 1 aromatic carbocycles. The van der Waals surface area contributed by atoms with Crippen molar-refractivity contribution in [2.45, 2.75) is 31.7 Å². The van der Waals surface area contributed by atoms with E-state index in [9.17, 15) is 14.7 Å². The first-order valence-electron chi connectivity index (χ1n) is 9.05. The maximum atomic E-state index is 13.2. The summed E-state index contributed by atoms with van der Waals surface area (Å²) >= 11 is 6.29. The Morgan fingerprint density at radius 2 is 2.15 bits per heavy atom. The van der Waals surface area contributed by atoms with Gasteiger partial charge < -0.3 is 5.11 Å². The van der Waals surface area contributed by atoms with Gasteiger partial charge in [-0.15, -0.1) is 0 Å². The summed E-state index contributed by atoms with van der Waals surface area (Å²) in [6.07, 6.45) is 8.20. The molecule has 2 unspecified atom stereocenters. The van der Waals surface area contributed by atoms with Crippen molar-refractivity contribution < 1.29 is 9.90 Å². The molecule has 0 spiro atoms. The monoisotopic (exact) mass is 380 g/mol. The zero-order valence-electron chi connectivity index (χ0n) is 14.5. The van der Waals surface area contributed by atoms with Crippen LogP contribution in [0, 0.1) is 5.41 Å². The molecule has 1 N–H and O–H groups in total. The van der Waals surface area contributed by atoms with Crippen LogP contribution in [-0.4, -0.2) is 20.6 Å². The van der Waals surface area contributed by atoms with E-state index in [1.807, 2.05) is 30.3 Å². The number of carbonyl (C=O) groups is 1. The highest BCUT2D eigenvalue weighted by molar-refractivity contribution is 6.32. The van der Waals surface area contributed by atoms with E-state index in [0.717, 1.165) is 29.7 Å². The van der Waals surface area contributed by atoms with Crippen molar-refractivity contribution in [3.8, 4) is 0 Å². The number of halogens is 1. The Labute approximate surface area is 160 Å². The normalized spacial score (nSPS) is 26.3. The molecule has 2 aliphatic carbocycles. The highest BCUT2D eigenvalue weighted by Gasteiger charge is 2.62. The van der Waals surface area contributed by atoms with Crippen LogP contribution in [0.2, 0.25) is 5.02 Å². The molecule has 2 heterocycles. The average Bonchev–Trinajstić information content (AvgIpc) is 3.40. The first kappa shape index (κ1) is 16.5. The maximum Gasteiger partial charge on any atom is 0.315 e. The van der Waals surface area contributed by atoms with Crippen molar-refractivity contribution in [2.75, 3.05) is 0 Å². The van der Waals surface area contributed by atoms with Crippen LogP contribution in [-0.2, 0) is 11.2 Å². The minimum Gasteiger partial charge on any atom is -0.481 e. The van der Waals surface area contributed by atoms with E-state index in [-0.39, 0.29) is 11.6 Å². The third-order valence-electron chi connectivity index (χ3n) is 5.85. The average molecular weight is 381 g/mol. The molecule has 0 saturated heterocycles. The standard InChI is InChI=1S/C21H17ClN2O3/c22-15-7-2-1-4-12(15)10-13-5-3-6-14-18(13)23-17-8-9-21(20(26)27)11-16(21)24(17)19(14)25/h1-2,4,7-10,16H,3,5-6,11H2,(H,26,27). The first-order valence-corrected chi connectivity index (χ1v) is 9.42. The van der Waals surface area contributed by atoms with Crippen LogP contribution in [0.15, 0.2) is 35.1 Å². The Hall–Kier alpha value is -2.66. The Morgan fingerprint density at radius 3 is 2.93 bits per heavy atom. The molecule has 0 bridgehead atoms. The summed E-state index contributed by atoms with van der Waals surface area (Å²) in [5.41, 5.74) is 2.29. The summed E-state index contributed by atoms with van der Waals surface area (Å²) in [5.74, 6) is -0.330. The molecule has 1 fully saturated rings. The molecule has 5 nitrogen and oxygen atoms in total. The number of allylic oxidation sites excluding steroid dienone is 1. The van der Waals surface area contributed by atoms with Crippen LogP contribution in [0.3, 0.4) is 0 Å². The van der Waals surface area contributed by atoms with Gasteiger partial charge in [0.05, 0.1) is 11.7 Å². The number of fused-ring (bicyclic) bond motifs is 4. The molecule has 136 valence electrons. The van der Waals surface area contributed by atoms with Crippen LogP contribution >= 0.6 is 11.6 Å². The van der Waals surface area contributed by atoms with E-state index in [1.54, 1.807) is 16.7 Å². The molecule has 27 heavy (non-hydrogen) atoms. The third kappa shape index (κ3) is 2.34. The number of carboxylic acids is 1. The SMILES string of the molecule is O=C(O)C12C=Cc3nc4c(c(=O)n3C1C2)CCCC4=Cc1ccccc1Cl. The second-order valence-electron chi connectivity index (χ2n) is 7.42. The molecule has 0 amide bonds. The van der Waals surface area contributed by atoms with Crippen molar-refractivity contribution in [1.29, 1.82) is 0 Å². The van der Waals surface area contributed by atoms with E-state index >= 15 is 0 Å². The predicted octanol–water partition coefficient (Wildman–Crippen LogP) is 3.82. The molecular weight excluding hydrogens is 364 g/mol. The summed E-state index contributed by atoms with van der Waals surface area (Å²) in [4.78, 5) is 29.5. The topological polar surface area (TPSA) is 72.2 Å². The van der Waals surface area contributed by atoms with Crippen molar-refractivity contribution in [3.63, 3.8) is 0 Å². The Balaban J connectivity index is 1.66. The predicted molar refractivity (Wildman–Crippen MR) is 104 cm³/mol. The summed E-state index contributed by atoms with van der Waals surface area (Å²) in [5, 5.41) is 10.2. The van der Waals surface area contributed by atoms with E-state index in [2.05, 4.69) is 0 Å². The highest BCUT2D eigenvalue weighted by Crippen LogP contribution is 2.59. The van der Waals surface area contributed by atoms with Gasteiger partial charge in [-0.3, -0.25) is 14.2 Å². The van der Waals surface area contributed by atoms with Gasteiger partial charge >= 0.3 is 5.97 Å². The fraction of sp³-hybridized carbons (Fsp3) is 0.286. The summed E-state index contributed by atoms with van der Waals surface area (Å²) in [6, 6.07) is 7.28. The minimum absolute atomic E-state index is 0.0998. The van der Waals surface area contributed by atoms with E-state index in [0.29, 0.717) is 29.3 Å². The lowest BCUT2D eigenvalue weighted by Crippen LogP contribution is -2.33. The minimum atomic E-state index is -0.933. The van der Waals surface area contributed by atoms with Crippen LogP contribution in [0.25, 0.3) is 17.7 Å². The number of aliphatic carboxylic acids is 1. The highest BCUT2D eigenvalue weighted by atomic mass is 35.5. The molecule has 1 aliphatic heterocycles. The quantitative estimate of drug-likeness (QED) is 0.859. The lowest BCUT2D eigenvalue weighted by atomic mass is 9.90. The first-order chi connectivity index (χ1) is 13.0. The molecule has 2 aromatic rings. The van der Waals surface area contributed by atoms with E-state index in [1.165, 1.54) is 0 Å².